The molecule has 2 aromatic rings. The van der Waals surface area contributed by atoms with Crippen molar-refractivity contribution in [3.05, 3.63) is 23.7 Å². The zero-order chi connectivity index (χ0) is 9.26. The predicted molar refractivity (Wildman–Crippen MR) is 51.4 cm³/mol. The Labute approximate surface area is 76.2 Å². The lowest BCUT2D eigenvalue weighted by Crippen LogP contribution is -2.03. The molecule has 2 rings (SSSR count). The molecule has 0 aliphatic carbocycles. The van der Waals surface area contributed by atoms with E-state index in [-0.39, 0.29) is 0 Å². The molecule has 0 aliphatic heterocycles. The van der Waals surface area contributed by atoms with Crippen LogP contribution in [-0.2, 0) is 6.42 Å². The molecule has 3 N–H and O–H groups in total. The number of hydrogen-bond acceptors (Lipinski definition) is 3. The lowest BCUT2D eigenvalue weighted by Gasteiger charge is -1.88. The highest BCUT2D eigenvalue weighted by Gasteiger charge is 2.02. The summed E-state index contributed by atoms with van der Waals surface area (Å²) in [6, 6.07) is 2.04. The molecular weight excluding hydrogens is 164 g/mol. The van der Waals surface area contributed by atoms with Gasteiger partial charge < -0.3 is 10.7 Å². The van der Waals surface area contributed by atoms with Crippen LogP contribution in [0.15, 0.2) is 12.3 Å². The van der Waals surface area contributed by atoms with Crippen molar-refractivity contribution in [1.82, 2.24) is 15.0 Å². The van der Waals surface area contributed by atoms with E-state index < -0.39 is 0 Å². The lowest BCUT2D eigenvalue weighted by atomic mass is 10.3. The van der Waals surface area contributed by atoms with E-state index in [4.69, 9.17) is 5.73 Å². The molecule has 0 bridgehead atoms. The maximum Gasteiger partial charge on any atom is 0.177 e. The molecule has 0 radical (unpaired) electrons. The van der Waals surface area contributed by atoms with Gasteiger partial charge in [0.25, 0.3) is 0 Å². The van der Waals surface area contributed by atoms with Gasteiger partial charge in [0.1, 0.15) is 5.82 Å². The highest BCUT2D eigenvalue weighted by molar-refractivity contribution is 5.70. The van der Waals surface area contributed by atoms with E-state index in [1.807, 2.05) is 19.2 Å². The first-order valence-corrected chi connectivity index (χ1v) is 4.31. The van der Waals surface area contributed by atoms with Crippen LogP contribution in [0.2, 0.25) is 0 Å². The van der Waals surface area contributed by atoms with Gasteiger partial charge in [-0.2, -0.15) is 0 Å². The highest BCUT2D eigenvalue weighted by Crippen LogP contribution is 2.09. The van der Waals surface area contributed by atoms with Crippen molar-refractivity contribution in [2.75, 3.05) is 6.54 Å². The third-order valence-electron chi connectivity index (χ3n) is 1.90. The normalized spacial score (nSPS) is 10.9. The van der Waals surface area contributed by atoms with Gasteiger partial charge in [-0.25, -0.2) is 9.97 Å². The second kappa shape index (κ2) is 3.14. The van der Waals surface area contributed by atoms with E-state index in [0.29, 0.717) is 6.54 Å². The first-order chi connectivity index (χ1) is 6.29. The van der Waals surface area contributed by atoms with Crippen molar-refractivity contribution in [3.63, 3.8) is 0 Å². The first kappa shape index (κ1) is 8.19. The topological polar surface area (TPSA) is 67.6 Å². The molecule has 4 heteroatoms. The number of nitrogens with two attached hydrogens (primary N) is 1. The van der Waals surface area contributed by atoms with Crippen LogP contribution in [0.5, 0.6) is 0 Å². The number of nitrogens with one attached hydrogen (secondary N) is 1. The smallest absolute Gasteiger partial charge is 0.177 e. The van der Waals surface area contributed by atoms with Crippen molar-refractivity contribution in [2.24, 2.45) is 5.73 Å². The van der Waals surface area contributed by atoms with Gasteiger partial charge in [-0.15, -0.1) is 0 Å². The molecule has 2 heterocycles. The summed E-state index contributed by atoms with van der Waals surface area (Å²) < 4.78 is 0. The number of rotatable bonds is 2. The summed E-state index contributed by atoms with van der Waals surface area (Å²) in [6.45, 7) is 2.62. The summed E-state index contributed by atoms with van der Waals surface area (Å²) in [5.41, 5.74) is 8.33. The Morgan fingerprint density at radius 1 is 1.54 bits per heavy atom. The van der Waals surface area contributed by atoms with Crippen molar-refractivity contribution in [1.29, 1.82) is 0 Å². The molecule has 68 valence electrons. The predicted octanol–water partition coefficient (Wildman–Crippen LogP) is 0.768. The third-order valence-corrected chi connectivity index (χ3v) is 1.90. The minimum absolute atomic E-state index is 0.610. The summed E-state index contributed by atoms with van der Waals surface area (Å²) in [5, 5.41) is 0. The number of aryl methyl sites for hydroxylation is 1. The third kappa shape index (κ3) is 1.53. The SMILES string of the molecule is Cc1cnc2nc(CCN)[nH]c2c1. The summed E-state index contributed by atoms with van der Waals surface area (Å²) in [5.74, 6) is 0.913. The van der Waals surface area contributed by atoms with Crippen molar-refractivity contribution in [3.8, 4) is 0 Å². The molecule has 2 aromatic heterocycles. The maximum absolute atomic E-state index is 5.43. The number of nitrogens with zero attached hydrogens (tertiary/aromatic N) is 2. The molecule has 0 spiro atoms. The summed E-state index contributed by atoms with van der Waals surface area (Å²) in [6.07, 6.45) is 2.59. The van der Waals surface area contributed by atoms with Crippen LogP contribution in [0.1, 0.15) is 11.4 Å². The number of H-pyrrole nitrogens is 1. The number of fused-ring (bicyclic) bond motifs is 1. The quantitative estimate of drug-likeness (QED) is 0.710. The van der Waals surface area contributed by atoms with Crippen molar-refractivity contribution >= 4 is 11.2 Å². The second-order valence-electron chi connectivity index (χ2n) is 3.11. The Kier molecular flexibility index (Phi) is 1.98. The first-order valence-electron chi connectivity index (χ1n) is 4.31. The molecule has 0 saturated heterocycles. The summed E-state index contributed by atoms with van der Waals surface area (Å²) in [7, 11) is 0. The Bertz CT molecular complexity index is 418. The molecule has 0 fully saturated rings. The molecule has 0 unspecified atom stereocenters. The van der Waals surface area contributed by atoms with Crippen LogP contribution in [0, 0.1) is 6.92 Å². The average Bonchev–Trinajstić information content (AvgIpc) is 2.46. The van der Waals surface area contributed by atoms with Crippen molar-refractivity contribution < 1.29 is 0 Å². The fraction of sp³-hybridized carbons (Fsp3) is 0.333. The molecule has 0 aliphatic rings. The molecule has 0 aromatic carbocycles. The number of aromatic nitrogens is 3. The molecule has 4 nitrogen and oxygen atoms in total. The summed E-state index contributed by atoms with van der Waals surface area (Å²) in [4.78, 5) is 11.7. The van der Waals surface area contributed by atoms with Crippen LogP contribution in [0.25, 0.3) is 11.2 Å². The Hall–Kier alpha value is -1.42. The molecule has 13 heavy (non-hydrogen) atoms. The molecule has 0 atom stereocenters. The highest BCUT2D eigenvalue weighted by atomic mass is 15.0. The standard InChI is InChI=1S/C9H12N4/c1-6-4-7-9(11-5-6)13-8(12-7)2-3-10/h4-5H,2-3,10H2,1H3,(H,11,12,13). The Morgan fingerprint density at radius 2 is 2.38 bits per heavy atom. The zero-order valence-electron chi connectivity index (χ0n) is 7.54. The zero-order valence-corrected chi connectivity index (χ0v) is 7.54. The van der Waals surface area contributed by atoms with E-state index in [2.05, 4.69) is 15.0 Å². The number of aromatic amines is 1. The average molecular weight is 176 g/mol. The Morgan fingerprint density at radius 3 is 3.15 bits per heavy atom. The fourth-order valence-corrected chi connectivity index (χ4v) is 1.31. The fourth-order valence-electron chi connectivity index (χ4n) is 1.31. The Balaban J connectivity index is 2.49. The van der Waals surface area contributed by atoms with Gasteiger partial charge in [-0.05, 0) is 25.1 Å². The van der Waals surface area contributed by atoms with Crippen LogP contribution in [0.4, 0.5) is 0 Å². The van der Waals surface area contributed by atoms with Gasteiger partial charge >= 0.3 is 0 Å². The van der Waals surface area contributed by atoms with Gasteiger partial charge in [0.15, 0.2) is 5.65 Å². The minimum atomic E-state index is 0.610. The van der Waals surface area contributed by atoms with Gasteiger partial charge in [0, 0.05) is 12.6 Å². The number of hydrogen-bond donors (Lipinski definition) is 2. The van der Waals surface area contributed by atoms with E-state index in [1.165, 1.54) is 0 Å². The van der Waals surface area contributed by atoms with Crippen LogP contribution in [0.3, 0.4) is 0 Å². The molecule has 0 amide bonds. The van der Waals surface area contributed by atoms with E-state index in [1.54, 1.807) is 0 Å². The largest absolute Gasteiger partial charge is 0.341 e. The van der Waals surface area contributed by atoms with Crippen molar-refractivity contribution in [2.45, 2.75) is 13.3 Å². The van der Waals surface area contributed by atoms with E-state index in [9.17, 15) is 0 Å². The van der Waals surface area contributed by atoms with Gasteiger partial charge in [0.05, 0.1) is 5.52 Å². The van der Waals surface area contributed by atoms with Crippen LogP contribution in [-0.4, -0.2) is 21.5 Å². The van der Waals surface area contributed by atoms with Gasteiger partial charge in [-0.1, -0.05) is 0 Å². The number of pyridine rings is 1. The van der Waals surface area contributed by atoms with E-state index >= 15 is 0 Å². The maximum atomic E-state index is 5.43. The monoisotopic (exact) mass is 176 g/mol. The van der Waals surface area contributed by atoms with Crippen LogP contribution < -0.4 is 5.73 Å². The summed E-state index contributed by atoms with van der Waals surface area (Å²) >= 11 is 0. The van der Waals surface area contributed by atoms with Crippen LogP contribution >= 0.6 is 0 Å². The molecule has 0 saturated carbocycles. The number of imidazole rings is 1. The van der Waals surface area contributed by atoms with E-state index in [0.717, 1.165) is 29.0 Å². The lowest BCUT2D eigenvalue weighted by molar-refractivity contribution is 0.899. The minimum Gasteiger partial charge on any atom is -0.341 e. The van der Waals surface area contributed by atoms with Gasteiger partial charge in [0.2, 0.25) is 0 Å². The molecular formula is C9H12N4. The van der Waals surface area contributed by atoms with Gasteiger partial charge in [-0.3, -0.25) is 0 Å². The second-order valence-corrected chi connectivity index (χ2v) is 3.11.